The van der Waals surface area contributed by atoms with Gasteiger partial charge in [0.1, 0.15) is 6.04 Å². The number of carbonyl (C=O) groups excluding carboxylic acids is 1. The first-order chi connectivity index (χ1) is 10.8. The molecule has 1 heterocycles. The zero-order valence-corrected chi connectivity index (χ0v) is 13.9. The van der Waals surface area contributed by atoms with Crippen LogP contribution in [0.25, 0.3) is 0 Å². The Bertz CT molecular complexity index is 896. The van der Waals surface area contributed by atoms with Crippen molar-refractivity contribution in [3.63, 3.8) is 0 Å². The number of para-hydroxylation sites is 1. The fraction of sp³-hybridized carbons (Fsp3) is 0.188. The van der Waals surface area contributed by atoms with E-state index in [-0.39, 0.29) is 11.3 Å². The van der Waals surface area contributed by atoms with E-state index in [1.807, 2.05) is 0 Å². The quantitative estimate of drug-likeness (QED) is 0.921. The number of aryl methyl sites for hydroxylation is 1. The van der Waals surface area contributed by atoms with Gasteiger partial charge in [-0.25, -0.2) is 8.42 Å². The Labute approximate surface area is 139 Å². The first-order valence-corrected chi connectivity index (χ1v) is 8.82. The summed E-state index contributed by atoms with van der Waals surface area (Å²) in [5, 5.41) is 0.317. The van der Waals surface area contributed by atoms with Gasteiger partial charge in [-0.2, -0.15) is 0 Å². The molecule has 1 aliphatic rings. The van der Waals surface area contributed by atoms with Crippen LogP contribution < -0.4 is 10.0 Å². The molecule has 0 aliphatic carbocycles. The fourth-order valence-electron chi connectivity index (χ4n) is 2.83. The molecular weight excluding hydrogens is 336 g/mol. The van der Waals surface area contributed by atoms with Gasteiger partial charge in [0.05, 0.1) is 10.6 Å². The van der Waals surface area contributed by atoms with Crippen molar-refractivity contribution in [1.29, 1.82) is 0 Å². The lowest BCUT2D eigenvalue weighted by Gasteiger charge is -2.25. The SMILES string of the molecule is Cc1ccc(Cl)cc1S(=O)(=O)N1c2ccccc2C[C@H]1C(N)=O. The number of carbonyl (C=O) groups is 1. The van der Waals surface area contributed by atoms with E-state index < -0.39 is 22.0 Å². The van der Waals surface area contributed by atoms with Gasteiger partial charge < -0.3 is 5.73 Å². The number of benzene rings is 2. The molecule has 0 unspecified atom stereocenters. The molecule has 3 rings (SSSR count). The summed E-state index contributed by atoms with van der Waals surface area (Å²) in [6.45, 7) is 1.68. The number of nitrogens with zero attached hydrogens (tertiary/aromatic N) is 1. The zero-order chi connectivity index (χ0) is 16.8. The van der Waals surface area contributed by atoms with E-state index in [1.54, 1.807) is 43.3 Å². The van der Waals surface area contributed by atoms with Gasteiger partial charge in [0, 0.05) is 11.4 Å². The standard InChI is InChI=1S/C16H15ClN2O3S/c1-10-6-7-12(17)9-15(10)23(21,22)19-13-5-3-2-4-11(13)8-14(19)16(18)20/h2-7,9,14H,8H2,1H3,(H2,18,20)/t14-/m0/s1. The van der Waals surface area contributed by atoms with Crippen LogP contribution in [0.5, 0.6) is 0 Å². The van der Waals surface area contributed by atoms with Crippen molar-refractivity contribution in [2.45, 2.75) is 24.3 Å². The topological polar surface area (TPSA) is 80.5 Å². The molecule has 0 fully saturated rings. The molecule has 5 nitrogen and oxygen atoms in total. The zero-order valence-electron chi connectivity index (χ0n) is 12.4. The number of primary amides is 1. The maximum absolute atomic E-state index is 13.1. The smallest absolute Gasteiger partial charge is 0.265 e. The Hall–Kier alpha value is -2.05. The lowest BCUT2D eigenvalue weighted by molar-refractivity contribution is -0.118. The third-order valence-electron chi connectivity index (χ3n) is 3.94. The average Bonchev–Trinajstić information content (AvgIpc) is 2.90. The van der Waals surface area contributed by atoms with Gasteiger partial charge in [0.25, 0.3) is 10.0 Å². The van der Waals surface area contributed by atoms with Gasteiger partial charge in [-0.3, -0.25) is 9.10 Å². The van der Waals surface area contributed by atoms with Crippen molar-refractivity contribution in [3.8, 4) is 0 Å². The van der Waals surface area contributed by atoms with E-state index in [4.69, 9.17) is 17.3 Å². The molecule has 0 aromatic heterocycles. The van der Waals surface area contributed by atoms with E-state index in [0.29, 0.717) is 16.3 Å². The van der Waals surface area contributed by atoms with Gasteiger partial charge in [-0.15, -0.1) is 0 Å². The summed E-state index contributed by atoms with van der Waals surface area (Å²) in [6, 6.07) is 10.7. The number of sulfonamides is 1. The first-order valence-electron chi connectivity index (χ1n) is 7.00. The molecule has 2 aromatic rings. The Morgan fingerprint density at radius 2 is 1.96 bits per heavy atom. The van der Waals surface area contributed by atoms with Crippen LogP contribution in [0.4, 0.5) is 5.69 Å². The number of anilines is 1. The van der Waals surface area contributed by atoms with Gasteiger partial charge in [0.2, 0.25) is 5.91 Å². The second kappa shape index (κ2) is 5.54. The summed E-state index contributed by atoms with van der Waals surface area (Å²) in [6.07, 6.45) is 0.268. The van der Waals surface area contributed by atoms with Crippen LogP contribution in [0.2, 0.25) is 5.02 Å². The van der Waals surface area contributed by atoms with Crippen molar-refractivity contribution >= 4 is 33.2 Å². The Kier molecular flexibility index (Phi) is 3.82. The van der Waals surface area contributed by atoms with E-state index in [9.17, 15) is 13.2 Å². The minimum absolute atomic E-state index is 0.0768. The highest BCUT2D eigenvalue weighted by Crippen LogP contribution is 2.37. The molecule has 2 N–H and O–H groups in total. The normalized spacial score (nSPS) is 17.1. The van der Waals surface area contributed by atoms with Crippen LogP contribution in [-0.4, -0.2) is 20.4 Å². The molecule has 7 heteroatoms. The van der Waals surface area contributed by atoms with Crippen LogP contribution in [0.1, 0.15) is 11.1 Å². The number of nitrogens with two attached hydrogens (primary N) is 1. The maximum Gasteiger partial charge on any atom is 0.265 e. The molecule has 23 heavy (non-hydrogen) atoms. The van der Waals surface area contributed by atoms with Gasteiger partial charge in [-0.05, 0) is 36.2 Å². The van der Waals surface area contributed by atoms with E-state index in [1.165, 1.54) is 6.07 Å². The second-order valence-corrected chi connectivity index (χ2v) is 7.68. The summed E-state index contributed by atoms with van der Waals surface area (Å²) >= 11 is 5.95. The van der Waals surface area contributed by atoms with Gasteiger partial charge in [-0.1, -0.05) is 35.9 Å². The molecule has 0 saturated carbocycles. The van der Waals surface area contributed by atoms with E-state index in [2.05, 4.69) is 0 Å². The highest BCUT2D eigenvalue weighted by Gasteiger charge is 2.41. The summed E-state index contributed by atoms with van der Waals surface area (Å²) in [5.74, 6) is -0.676. The van der Waals surface area contributed by atoms with E-state index in [0.717, 1.165) is 9.87 Å². The van der Waals surface area contributed by atoms with Crippen LogP contribution >= 0.6 is 11.6 Å². The van der Waals surface area contributed by atoms with Crippen molar-refractivity contribution in [3.05, 3.63) is 58.6 Å². The molecule has 0 spiro atoms. The minimum atomic E-state index is -3.95. The summed E-state index contributed by atoms with van der Waals surface area (Å²) < 4.78 is 27.4. The first kappa shape index (κ1) is 15.8. The largest absolute Gasteiger partial charge is 0.368 e. The Morgan fingerprint density at radius 1 is 1.26 bits per heavy atom. The number of rotatable bonds is 3. The fourth-order valence-corrected chi connectivity index (χ4v) is 4.98. The number of hydrogen-bond acceptors (Lipinski definition) is 3. The van der Waals surface area contributed by atoms with Crippen molar-refractivity contribution in [1.82, 2.24) is 0 Å². The second-order valence-electron chi connectivity index (χ2n) is 5.46. The Balaban J connectivity index is 2.21. The average molecular weight is 351 g/mol. The molecule has 1 aliphatic heterocycles. The lowest BCUT2D eigenvalue weighted by atomic mass is 10.1. The maximum atomic E-state index is 13.1. The number of fused-ring (bicyclic) bond motifs is 1. The number of hydrogen-bond donors (Lipinski definition) is 1. The minimum Gasteiger partial charge on any atom is -0.368 e. The highest BCUT2D eigenvalue weighted by atomic mass is 35.5. The highest BCUT2D eigenvalue weighted by molar-refractivity contribution is 7.93. The molecule has 1 atom stereocenters. The summed E-state index contributed by atoms with van der Waals surface area (Å²) in [5.41, 5.74) is 7.26. The van der Waals surface area contributed by atoms with Crippen LogP contribution in [0.15, 0.2) is 47.4 Å². The van der Waals surface area contributed by atoms with Crippen LogP contribution in [0.3, 0.4) is 0 Å². The number of halogens is 1. The predicted molar refractivity (Wildman–Crippen MR) is 89.0 cm³/mol. The van der Waals surface area contributed by atoms with Crippen molar-refractivity contribution < 1.29 is 13.2 Å². The third-order valence-corrected chi connectivity index (χ3v) is 6.14. The lowest BCUT2D eigenvalue weighted by Crippen LogP contribution is -2.46. The third kappa shape index (κ3) is 2.58. The van der Waals surface area contributed by atoms with Gasteiger partial charge >= 0.3 is 0 Å². The monoisotopic (exact) mass is 350 g/mol. The molecule has 2 aromatic carbocycles. The molecule has 0 radical (unpaired) electrons. The summed E-state index contributed by atoms with van der Waals surface area (Å²) in [7, 11) is -3.95. The predicted octanol–water partition coefficient (Wildman–Crippen LogP) is 2.25. The molecular formula is C16H15ClN2O3S. The van der Waals surface area contributed by atoms with E-state index >= 15 is 0 Å². The molecule has 0 bridgehead atoms. The van der Waals surface area contributed by atoms with Gasteiger partial charge in [0.15, 0.2) is 0 Å². The number of amides is 1. The van der Waals surface area contributed by atoms with Crippen LogP contribution in [0, 0.1) is 6.92 Å². The van der Waals surface area contributed by atoms with Crippen LogP contribution in [-0.2, 0) is 21.2 Å². The molecule has 0 saturated heterocycles. The Morgan fingerprint density at radius 3 is 2.65 bits per heavy atom. The summed E-state index contributed by atoms with van der Waals surface area (Å²) in [4.78, 5) is 11.9. The van der Waals surface area contributed by atoms with Crippen molar-refractivity contribution in [2.75, 3.05) is 4.31 Å². The van der Waals surface area contributed by atoms with Crippen molar-refractivity contribution in [2.24, 2.45) is 5.73 Å². The molecule has 1 amide bonds. The molecule has 120 valence electrons.